The lowest BCUT2D eigenvalue weighted by atomic mass is 9.93. The third-order valence-corrected chi connectivity index (χ3v) is 3.52. The molecule has 0 radical (unpaired) electrons. The zero-order valence-corrected chi connectivity index (χ0v) is 11.8. The van der Waals surface area contributed by atoms with Crippen molar-refractivity contribution in [2.75, 3.05) is 13.2 Å². The second-order valence-electron chi connectivity index (χ2n) is 5.20. The van der Waals surface area contributed by atoms with E-state index in [1.165, 1.54) is 32.1 Å². The van der Waals surface area contributed by atoms with Gasteiger partial charge in [0, 0.05) is 0 Å². The van der Waals surface area contributed by atoms with Crippen LogP contribution in [0.3, 0.4) is 0 Å². The summed E-state index contributed by atoms with van der Waals surface area (Å²) in [7, 11) is 0. The summed E-state index contributed by atoms with van der Waals surface area (Å²) in [6.45, 7) is 5.40. The Bertz CT molecular complexity index is 312. The van der Waals surface area contributed by atoms with Crippen LogP contribution in [-0.2, 0) is 5.54 Å². The van der Waals surface area contributed by atoms with E-state index in [1.807, 2.05) is 18.2 Å². The molecule has 0 bridgehead atoms. The molecule has 0 aliphatic heterocycles. The number of hydrogen-bond donors (Lipinski definition) is 2. The van der Waals surface area contributed by atoms with Gasteiger partial charge in [0.1, 0.15) is 0 Å². The third kappa shape index (κ3) is 4.79. The maximum Gasteiger partial charge on any atom is 0.0652 e. The monoisotopic (exact) mass is 249 g/mol. The Labute approximate surface area is 111 Å². The first kappa shape index (κ1) is 15.2. The number of benzene rings is 1. The van der Waals surface area contributed by atoms with Crippen LogP contribution < -0.4 is 5.32 Å². The summed E-state index contributed by atoms with van der Waals surface area (Å²) in [6.07, 6.45) is 6.39. The lowest BCUT2D eigenvalue weighted by Gasteiger charge is -2.29. The lowest BCUT2D eigenvalue weighted by Crippen LogP contribution is -2.43. The van der Waals surface area contributed by atoms with Crippen LogP contribution in [0.15, 0.2) is 30.3 Å². The van der Waals surface area contributed by atoms with Crippen molar-refractivity contribution in [2.45, 2.75) is 51.5 Å². The second-order valence-corrected chi connectivity index (χ2v) is 5.20. The molecule has 1 rings (SSSR count). The minimum Gasteiger partial charge on any atom is -0.394 e. The quantitative estimate of drug-likeness (QED) is 0.657. The fourth-order valence-corrected chi connectivity index (χ4v) is 2.15. The Morgan fingerprint density at radius 1 is 1.06 bits per heavy atom. The van der Waals surface area contributed by atoms with E-state index in [-0.39, 0.29) is 12.1 Å². The summed E-state index contributed by atoms with van der Waals surface area (Å²) >= 11 is 0. The molecule has 0 saturated carbocycles. The minimum absolute atomic E-state index is 0.131. The Hall–Kier alpha value is -0.860. The van der Waals surface area contributed by atoms with Gasteiger partial charge in [-0.25, -0.2) is 0 Å². The summed E-state index contributed by atoms with van der Waals surface area (Å²) in [6, 6.07) is 10.2. The average Bonchev–Trinajstić information content (AvgIpc) is 2.43. The van der Waals surface area contributed by atoms with Crippen molar-refractivity contribution >= 4 is 0 Å². The number of unbranched alkanes of at least 4 members (excludes halogenated alkanes) is 4. The van der Waals surface area contributed by atoms with Crippen molar-refractivity contribution in [1.29, 1.82) is 0 Å². The molecule has 1 aromatic rings. The van der Waals surface area contributed by atoms with Crippen molar-refractivity contribution in [3.63, 3.8) is 0 Å². The van der Waals surface area contributed by atoms with Crippen molar-refractivity contribution < 1.29 is 5.11 Å². The molecule has 18 heavy (non-hydrogen) atoms. The highest BCUT2D eigenvalue weighted by Crippen LogP contribution is 2.19. The average molecular weight is 249 g/mol. The summed E-state index contributed by atoms with van der Waals surface area (Å²) in [5.74, 6) is 0. The van der Waals surface area contributed by atoms with E-state index in [9.17, 15) is 5.11 Å². The molecule has 2 nitrogen and oxygen atoms in total. The number of nitrogens with one attached hydrogen (secondary N) is 1. The highest BCUT2D eigenvalue weighted by molar-refractivity contribution is 5.23. The largest absolute Gasteiger partial charge is 0.394 e. The molecule has 0 aromatic heterocycles. The molecule has 1 atom stereocenters. The molecule has 1 unspecified atom stereocenters. The summed E-state index contributed by atoms with van der Waals surface area (Å²) in [4.78, 5) is 0. The summed E-state index contributed by atoms with van der Waals surface area (Å²) in [5.41, 5.74) is 0.840. The van der Waals surface area contributed by atoms with Gasteiger partial charge < -0.3 is 10.4 Å². The van der Waals surface area contributed by atoms with Crippen LogP contribution in [-0.4, -0.2) is 18.3 Å². The molecule has 0 fully saturated rings. The van der Waals surface area contributed by atoms with Gasteiger partial charge in [-0.2, -0.15) is 0 Å². The van der Waals surface area contributed by atoms with E-state index < -0.39 is 0 Å². The molecule has 0 saturated heterocycles. The highest BCUT2D eigenvalue weighted by Gasteiger charge is 2.24. The first-order valence-corrected chi connectivity index (χ1v) is 7.14. The van der Waals surface area contributed by atoms with Crippen LogP contribution in [0.2, 0.25) is 0 Å². The molecule has 2 heteroatoms. The molecule has 0 amide bonds. The molecule has 1 aromatic carbocycles. The first-order chi connectivity index (χ1) is 8.73. The minimum atomic E-state index is -0.313. The number of aliphatic hydroxyl groups is 1. The van der Waals surface area contributed by atoms with E-state index in [4.69, 9.17) is 0 Å². The maximum atomic E-state index is 9.62. The zero-order valence-electron chi connectivity index (χ0n) is 11.8. The third-order valence-electron chi connectivity index (χ3n) is 3.52. The van der Waals surface area contributed by atoms with Crippen molar-refractivity contribution in [3.05, 3.63) is 35.9 Å². The van der Waals surface area contributed by atoms with Gasteiger partial charge in [0.15, 0.2) is 0 Å². The van der Waals surface area contributed by atoms with Crippen molar-refractivity contribution in [1.82, 2.24) is 5.32 Å². The number of rotatable bonds is 9. The Morgan fingerprint density at radius 2 is 1.72 bits per heavy atom. The van der Waals surface area contributed by atoms with E-state index >= 15 is 0 Å². The van der Waals surface area contributed by atoms with Gasteiger partial charge in [-0.15, -0.1) is 0 Å². The molecule has 0 aliphatic rings. The molecule has 0 heterocycles. The van der Waals surface area contributed by atoms with E-state index in [2.05, 4.69) is 31.3 Å². The SMILES string of the molecule is CCCCCCCNC(C)(CO)c1ccccc1. The van der Waals surface area contributed by atoms with Crippen LogP contribution in [0, 0.1) is 0 Å². The van der Waals surface area contributed by atoms with E-state index in [1.54, 1.807) is 0 Å². The smallest absolute Gasteiger partial charge is 0.0652 e. The summed E-state index contributed by atoms with van der Waals surface area (Å²) in [5, 5.41) is 13.1. The molecular formula is C16H27NO. The summed E-state index contributed by atoms with van der Waals surface area (Å²) < 4.78 is 0. The van der Waals surface area contributed by atoms with Gasteiger partial charge in [0.25, 0.3) is 0 Å². The van der Waals surface area contributed by atoms with Gasteiger partial charge in [0.05, 0.1) is 12.1 Å². The van der Waals surface area contributed by atoms with E-state index in [0.29, 0.717) is 0 Å². The fourth-order valence-electron chi connectivity index (χ4n) is 2.15. The number of aliphatic hydroxyl groups excluding tert-OH is 1. The van der Waals surface area contributed by atoms with Crippen LogP contribution in [0.25, 0.3) is 0 Å². The van der Waals surface area contributed by atoms with Crippen molar-refractivity contribution in [2.24, 2.45) is 0 Å². The van der Waals surface area contributed by atoms with Gasteiger partial charge >= 0.3 is 0 Å². The first-order valence-electron chi connectivity index (χ1n) is 7.14. The Morgan fingerprint density at radius 3 is 2.33 bits per heavy atom. The van der Waals surface area contributed by atoms with Gasteiger partial charge in [-0.1, -0.05) is 62.9 Å². The van der Waals surface area contributed by atoms with Crippen LogP contribution in [0.1, 0.15) is 51.5 Å². The molecule has 102 valence electrons. The lowest BCUT2D eigenvalue weighted by molar-refractivity contribution is 0.174. The normalized spacial score (nSPS) is 14.4. The second kappa shape index (κ2) is 8.28. The van der Waals surface area contributed by atoms with Gasteiger partial charge in [0.2, 0.25) is 0 Å². The fraction of sp³-hybridized carbons (Fsp3) is 0.625. The topological polar surface area (TPSA) is 32.3 Å². The molecular weight excluding hydrogens is 222 g/mol. The molecule has 0 spiro atoms. The maximum absolute atomic E-state index is 9.62. The van der Waals surface area contributed by atoms with Crippen LogP contribution in [0.4, 0.5) is 0 Å². The predicted octanol–water partition coefficient (Wildman–Crippen LogP) is 3.45. The van der Waals surface area contributed by atoms with E-state index in [0.717, 1.165) is 12.1 Å². The predicted molar refractivity (Wildman–Crippen MR) is 77.6 cm³/mol. The standard InChI is InChI=1S/C16H27NO/c1-3-4-5-6-10-13-17-16(2,14-18)15-11-8-7-9-12-15/h7-9,11-12,17-18H,3-6,10,13-14H2,1-2H3. The Kier molecular flexibility index (Phi) is 6.99. The molecule has 0 aliphatic carbocycles. The highest BCUT2D eigenvalue weighted by atomic mass is 16.3. The van der Waals surface area contributed by atoms with Crippen molar-refractivity contribution in [3.8, 4) is 0 Å². The van der Waals surface area contributed by atoms with Gasteiger partial charge in [-0.05, 0) is 25.5 Å². The van der Waals surface area contributed by atoms with Crippen LogP contribution in [0.5, 0.6) is 0 Å². The van der Waals surface area contributed by atoms with Crippen LogP contribution >= 0.6 is 0 Å². The molecule has 2 N–H and O–H groups in total. The Balaban J connectivity index is 2.37. The number of hydrogen-bond acceptors (Lipinski definition) is 2. The zero-order chi connectivity index (χ0) is 13.3. The van der Waals surface area contributed by atoms with Gasteiger partial charge in [-0.3, -0.25) is 0 Å².